The molecular formula is C9H13ClN4O2. The third-order valence-corrected chi connectivity index (χ3v) is 2.88. The molecule has 0 aliphatic carbocycles. The molecule has 88 valence electrons. The summed E-state index contributed by atoms with van der Waals surface area (Å²) in [4.78, 5) is 13.0. The number of hydrogen-bond acceptors (Lipinski definition) is 5. The van der Waals surface area contributed by atoms with E-state index in [0.29, 0.717) is 18.5 Å². The summed E-state index contributed by atoms with van der Waals surface area (Å²) in [7, 11) is 0. The molecule has 1 fully saturated rings. The lowest BCUT2D eigenvalue weighted by molar-refractivity contribution is -0.119. The van der Waals surface area contributed by atoms with Crippen molar-refractivity contribution in [1.29, 1.82) is 0 Å². The molecule has 0 aromatic carbocycles. The number of piperidine rings is 1. The molecule has 1 unspecified atom stereocenters. The lowest BCUT2D eigenvalue weighted by Crippen LogP contribution is -2.48. The Labute approximate surface area is 97.7 Å². The Hall–Kier alpha value is -1.30. The van der Waals surface area contributed by atoms with E-state index >= 15 is 0 Å². The standard InChI is InChI=1S/C9H13ClN4O2/c10-5-7-12-13-9(16-7)14-4-2-1-3-6(14)8(11)15/h6H,1-5H2,(H2,11,15). The number of aromatic nitrogens is 2. The van der Waals surface area contributed by atoms with Crippen LogP contribution in [0.4, 0.5) is 6.01 Å². The van der Waals surface area contributed by atoms with Crippen LogP contribution in [0.5, 0.6) is 0 Å². The summed E-state index contributed by atoms with van der Waals surface area (Å²) in [6.07, 6.45) is 2.71. The first-order valence-electron chi connectivity index (χ1n) is 5.16. The number of nitrogens with zero attached hydrogens (tertiary/aromatic N) is 3. The maximum atomic E-state index is 11.3. The molecule has 6 nitrogen and oxygen atoms in total. The van der Waals surface area contributed by atoms with E-state index in [1.165, 1.54) is 0 Å². The van der Waals surface area contributed by atoms with Crippen molar-refractivity contribution >= 4 is 23.5 Å². The van der Waals surface area contributed by atoms with Crippen molar-refractivity contribution in [1.82, 2.24) is 10.2 Å². The normalized spacial score (nSPS) is 21.1. The van der Waals surface area contributed by atoms with Gasteiger partial charge < -0.3 is 15.1 Å². The highest BCUT2D eigenvalue weighted by molar-refractivity contribution is 6.16. The minimum absolute atomic E-state index is 0.169. The molecule has 1 aliphatic rings. The number of carbonyl (C=O) groups excluding carboxylic acids is 1. The summed E-state index contributed by atoms with van der Waals surface area (Å²) in [5, 5.41) is 7.62. The van der Waals surface area contributed by atoms with Crippen molar-refractivity contribution in [2.45, 2.75) is 31.2 Å². The van der Waals surface area contributed by atoms with Gasteiger partial charge >= 0.3 is 6.01 Å². The van der Waals surface area contributed by atoms with Crippen LogP contribution in [0.25, 0.3) is 0 Å². The first-order valence-corrected chi connectivity index (χ1v) is 5.70. The van der Waals surface area contributed by atoms with Crippen LogP contribution >= 0.6 is 11.6 Å². The summed E-state index contributed by atoms with van der Waals surface area (Å²) < 4.78 is 5.32. The average molecular weight is 245 g/mol. The number of halogens is 1. The molecule has 1 aromatic rings. The van der Waals surface area contributed by atoms with Crippen LogP contribution in [0, 0.1) is 0 Å². The van der Waals surface area contributed by atoms with E-state index in [1.54, 1.807) is 4.90 Å². The summed E-state index contributed by atoms with van der Waals surface area (Å²) in [6, 6.07) is -0.0171. The van der Waals surface area contributed by atoms with Gasteiger partial charge in [0, 0.05) is 6.54 Å². The summed E-state index contributed by atoms with van der Waals surface area (Å²) in [5.74, 6) is 0.165. The van der Waals surface area contributed by atoms with Gasteiger partial charge in [-0.15, -0.1) is 16.7 Å². The first kappa shape index (κ1) is 11.2. The number of primary amides is 1. The summed E-state index contributed by atoms with van der Waals surface area (Å²) in [6.45, 7) is 0.706. The van der Waals surface area contributed by atoms with E-state index in [4.69, 9.17) is 21.8 Å². The highest BCUT2D eigenvalue weighted by Gasteiger charge is 2.30. The molecule has 1 saturated heterocycles. The second-order valence-electron chi connectivity index (χ2n) is 3.72. The molecule has 2 N–H and O–H groups in total. The Kier molecular flexibility index (Phi) is 3.28. The average Bonchev–Trinajstić information content (AvgIpc) is 2.77. The van der Waals surface area contributed by atoms with Gasteiger partial charge in [0.15, 0.2) is 0 Å². The Morgan fingerprint density at radius 1 is 1.56 bits per heavy atom. The predicted octanol–water partition coefficient (Wildman–Crippen LogP) is 0.653. The van der Waals surface area contributed by atoms with Gasteiger partial charge in [-0.1, -0.05) is 5.10 Å². The van der Waals surface area contributed by atoms with E-state index in [1.807, 2.05) is 0 Å². The van der Waals surface area contributed by atoms with Gasteiger partial charge in [0.2, 0.25) is 11.8 Å². The van der Waals surface area contributed by atoms with Crippen molar-refractivity contribution < 1.29 is 9.21 Å². The number of rotatable bonds is 3. The zero-order valence-electron chi connectivity index (χ0n) is 8.73. The third-order valence-electron chi connectivity index (χ3n) is 2.65. The van der Waals surface area contributed by atoms with Crippen LogP contribution in [0.1, 0.15) is 25.2 Å². The summed E-state index contributed by atoms with van der Waals surface area (Å²) in [5.41, 5.74) is 5.34. The van der Waals surface area contributed by atoms with Crippen LogP contribution in [-0.2, 0) is 10.7 Å². The van der Waals surface area contributed by atoms with E-state index in [-0.39, 0.29) is 17.8 Å². The van der Waals surface area contributed by atoms with Crippen LogP contribution in [-0.4, -0.2) is 28.7 Å². The number of anilines is 1. The van der Waals surface area contributed by atoms with Crippen molar-refractivity contribution in [3.8, 4) is 0 Å². The quantitative estimate of drug-likeness (QED) is 0.790. The fourth-order valence-corrected chi connectivity index (χ4v) is 1.98. The predicted molar refractivity (Wildman–Crippen MR) is 58.0 cm³/mol. The molecular weight excluding hydrogens is 232 g/mol. The molecule has 2 heterocycles. The SMILES string of the molecule is NC(=O)C1CCCCN1c1nnc(CCl)o1. The Bertz CT molecular complexity index is 381. The van der Waals surface area contributed by atoms with Crippen molar-refractivity contribution in [3.63, 3.8) is 0 Å². The van der Waals surface area contributed by atoms with Gasteiger partial charge in [0.05, 0.1) is 0 Å². The molecule has 1 amide bonds. The number of alkyl halides is 1. The lowest BCUT2D eigenvalue weighted by Gasteiger charge is -2.31. The number of nitrogens with two attached hydrogens (primary N) is 1. The molecule has 1 aliphatic heterocycles. The van der Waals surface area contributed by atoms with Crippen molar-refractivity contribution in [2.75, 3.05) is 11.4 Å². The number of carbonyl (C=O) groups is 1. The van der Waals surface area contributed by atoms with Crippen molar-refractivity contribution in [3.05, 3.63) is 5.89 Å². The second-order valence-corrected chi connectivity index (χ2v) is 3.99. The van der Waals surface area contributed by atoms with E-state index < -0.39 is 0 Å². The maximum absolute atomic E-state index is 11.3. The lowest BCUT2D eigenvalue weighted by atomic mass is 10.0. The molecule has 0 saturated carbocycles. The molecule has 0 radical (unpaired) electrons. The van der Waals surface area contributed by atoms with E-state index in [2.05, 4.69) is 10.2 Å². The molecule has 7 heteroatoms. The van der Waals surface area contributed by atoms with Crippen LogP contribution in [0.2, 0.25) is 0 Å². The topological polar surface area (TPSA) is 85.3 Å². The highest BCUT2D eigenvalue weighted by atomic mass is 35.5. The van der Waals surface area contributed by atoms with E-state index in [9.17, 15) is 4.79 Å². The summed E-state index contributed by atoms with van der Waals surface area (Å²) >= 11 is 5.57. The molecule has 0 bridgehead atoms. The van der Waals surface area contributed by atoms with Gasteiger partial charge in [0.25, 0.3) is 0 Å². The highest BCUT2D eigenvalue weighted by Crippen LogP contribution is 2.23. The van der Waals surface area contributed by atoms with Crippen LogP contribution in [0.3, 0.4) is 0 Å². The van der Waals surface area contributed by atoms with E-state index in [0.717, 1.165) is 19.3 Å². The molecule has 2 rings (SSSR count). The molecule has 1 atom stereocenters. The van der Waals surface area contributed by atoms with Crippen LogP contribution < -0.4 is 10.6 Å². The smallest absolute Gasteiger partial charge is 0.318 e. The van der Waals surface area contributed by atoms with Gasteiger partial charge in [-0.3, -0.25) is 4.79 Å². The largest absolute Gasteiger partial charge is 0.407 e. The van der Waals surface area contributed by atoms with Crippen LogP contribution in [0.15, 0.2) is 4.42 Å². The Balaban J connectivity index is 2.19. The third kappa shape index (κ3) is 2.11. The van der Waals surface area contributed by atoms with Crippen molar-refractivity contribution in [2.24, 2.45) is 5.73 Å². The Morgan fingerprint density at radius 3 is 3.00 bits per heavy atom. The minimum Gasteiger partial charge on any atom is -0.407 e. The molecule has 16 heavy (non-hydrogen) atoms. The monoisotopic (exact) mass is 244 g/mol. The number of hydrogen-bond donors (Lipinski definition) is 1. The van der Waals surface area contributed by atoms with Gasteiger partial charge in [-0.2, -0.15) is 0 Å². The number of amides is 1. The fraction of sp³-hybridized carbons (Fsp3) is 0.667. The first-order chi connectivity index (χ1) is 7.72. The maximum Gasteiger partial charge on any atom is 0.318 e. The fourth-order valence-electron chi connectivity index (χ4n) is 1.87. The minimum atomic E-state index is -0.356. The molecule has 0 spiro atoms. The van der Waals surface area contributed by atoms with Gasteiger partial charge in [-0.25, -0.2) is 0 Å². The van der Waals surface area contributed by atoms with Gasteiger partial charge in [-0.05, 0) is 19.3 Å². The zero-order valence-corrected chi connectivity index (χ0v) is 9.48. The zero-order chi connectivity index (χ0) is 11.5. The Morgan fingerprint density at radius 2 is 2.38 bits per heavy atom. The van der Waals surface area contributed by atoms with Gasteiger partial charge in [0.1, 0.15) is 11.9 Å². The second kappa shape index (κ2) is 4.69. The molecule has 1 aromatic heterocycles.